The number of amides is 2. The summed E-state index contributed by atoms with van der Waals surface area (Å²) >= 11 is 0. The van der Waals surface area contributed by atoms with Crippen LogP contribution in [0.3, 0.4) is 0 Å². The van der Waals surface area contributed by atoms with Crippen molar-refractivity contribution in [3.8, 4) is 0 Å². The Balaban J connectivity index is 1.61. The molecule has 2 aromatic carbocycles. The fourth-order valence-corrected chi connectivity index (χ4v) is 6.36. The first-order chi connectivity index (χ1) is 19.7. The quantitative estimate of drug-likeness (QED) is 0.277. The first-order valence-corrected chi connectivity index (χ1v) is 15.2. The SMILES string of the molecule is CCN(CC)CCNC(=O)c1c(C)[nH]c(/C=C2\C(=O)Nc3ccc(S(=O)(=O)Cc4cccc(C(F)(F)F)c4)cc32)c1C. The number of alkyl halides is 3. The van der Waals surface area contributed by atoms with Crippen LogP contribution in [-0.4, -0.2) is 56.3 Å². The first-order valence-electron chi connectivity index (χ1n) is 13.5. The van der Waals surface area contributed by atoms with Crippen LogP contribution >= 0.6 is 0 Å². The van der Waals surface area contributed by atoms with Crippen LogP contribution in [0.25, 0.3) is 11.6 Å². The fraction of sp³-hybridized carbons (Fsp3) is 0.333. The number of likely N-dealkylation sites (N-methyl/N-ethyl adjacent to an activating group) is 1. The van der Waals surface area contributed by atoms with Gasteiger partial charge < -0.3 is 20.5 Å². The zero-order valence-electron chi connectivity index (χ0n) is 23.8. The Kier molecular flexibility index (Phi) is 8.98. The van der Waals surface area contributed by atoms with E-state index in [1.807, 2.05) is 0 Å². The lowest BCUT2D eigenvalue weighted by Gasteiger charge is -2.18. The van der Waals surface area contributed by atoms with Crippen molar-refractivity contribution in [1.82, 2.24) is 15.2 Å². The van der Waals surface area contributed by atoms with Gasteiger partial charge in [-0.3, -0.25) is 9.59 Å². The van der Waals surface area contributed by atoms with Crippen molar-refractivity contribution in [3.63, 3.8) is 0 Å². The number of hydrogen-bond acceptors (Lipinski definition) is 5. The topological polar surface area (TPSA) is 111 Å². The van der Waals surface area contributed by atoms with Gasteiger partial charge in [-0.2, -0.15) is 13.2 Å². The van der Waals surface area contributed by atoms with Gasteiger partial charge in [0.15, 0.2) is 9.84 Å². The number of nitrogens with one attached hydrogen (secondary N) is 3. The molecule has 0 unspecified atom stereocenters. The van der Waals surface area contributed by atoms with E-state index in [0.29, 0.717) is 46.9 Å². The summed E-state index contributed by atoms with van der Waals surface area (Å²) in [6.45, 7) is 10.6. The molecule has 3 N–H and O–H groups in total. The van der Waals surface area contributed by atoms with Crippen LogP contribution in [0.5, 0.6) is 0 Å². The number of nitrogens with zero attached hydrogens (tertiary/aromatic N) is 1. The molecule has 0 atom stereocenters. The molecule has 2 heterocycles. The third kappa shape index (κ3) is 6.60. The molecule has 1 aromatic heterocycles. The van der Waals surface area contributed by atoms with E-state index in [1.165, 1.54) is 30.3 Å². The lowest BCUT2D eigenvalue weighted by atomic mass is 10.0. The maximum Gasteiger partial charge on any atom is 0.416 e. The van der Waals surface area contributed by atoms with Crippen molar-refractivity contribution < 1.29 is 31.2 Å². The van der Waals surface area contributed by atoms with Crippen LogP contribution in [0, 0.1) is 13.8 Å². The van der Waals surface area contributed by atoms with E-state index in [1.54, 1.807) is 19.9 Å². The molecule has 0 aliphatic carbocycles. The molecule has 0 saturated heterocycles. The number of halogens is 3. The second kappa shape index (κ2) is 12.1. The lowest BCUT2D eigenvalue weighted by molar-refractivity contribution is -0.137. The largest absolute Gasteiger partial charge is 0.416 e. The van der Waals surface area contributed by atoms with Gasteiger partial charge in [0.05, 0.1) is 27.3 Å². The minimum atomic E-state index is -4.60. The van der Waals surface area contributed by atoms with Gasteiger partial charge in [-0.25, -0.2) is 8.42 Å². The zero-order valence-corrected chi connectivity index (χ0v) is 24.6. The number of carbonyl (C=O) groups excluding carboxylic acids is 2. The monoisotopic (exact) mass is 602 g/mol. The van der Waals surface area contributed by atoms with Crippen molar-refractivity contribution in [2.75, 3.05) is 31.5 Å². The van der Waals surface area contributed by atoms with Crippen molar-refractivity contribution >= 4 is 39.0 Å². The van der Waals surface area contributed by atoms with E-state index in [4.69, 9.17) is 0 Å². The molecule has 12 heteroatoms. The number of rotatable bonds is 10. The van der Waals surface area contributed by atoms with Crippen molar-refractivity contribution in [2.24, 2.45) is 0 Å². The molecule has 2 amide bonds. The van der Waals surface area contributed by atoms with Crippen LogP contribution in [-0.2, 0) is 26.6 Å². The Morgan fingerprint density at radius 3 is 2.45 bits per heavy atom. The first kappa shape index (κ1) is 31.0. The molecular weight excluding hydrogens is 569 g/mol. The van der Waals surface area contributed by atoms with Crippen molar-refractivity contribution in [2.45, 2.75) is 44.5 Å². The van der Waals surface area contributed by atoms with E-state index in [0.717, 1.165) is 25.2 Å². The number of sulfone groups is 1. The van der Waals surface area contributed by atoms with E-state index >= 15 is 0 Å². The van der Waals surface area contributed by atoms with Crippen LogP contribution in [0.15, 0.2) is 47.4 Å². The van der Waals surface area contributed by atoms with Crippen LogP contribution in [0.4, 0.5) is 18.9 Å². The molecule has 8 nitrogen and oxygen atoms in total. The van der Waals surface area contributed by atoms with E-state index in [-0.39, 0.29) is 21.9 Å². The maximum atomic E-state index is 13.2. The average molecular weight is 603 g/mol. The average Bonchev–Trinajstić information content (AvgIpc) is 3.39. The number of benzene rings is 2. The summed E-state index contributed by atoms with van der Waals surface area (Å²) in [4.78, 5) is 31.1. The Morgan fingerprint density at radius 1 is 1.07 bits per heavy atom. The molecule has 1 aliphatic heterocycles. The molecule has 4 rings (SSSR count). The summed E-state index contributed by atoms with van der Waals surface area (Å²) in [5.74, 6) is -1.33. The summed E-state index contributed by atoms with van der Waals surface area (Å²) in [5.41, 5.74) is 2.24. The van der Waals surface area contributed by atoms with Crippen LogP contribution in [0.1, 0.15) is 57.8 Å². The normalized spacial score (nSPS) is 14.4. The predicted octanol–water partition coefficient (Wildman–Crippen LogP) is 5.19. The summed E-state index contributed by atoms with van der Waals surface area (Å²) in [5, 5.41) is 5.65. The van der Waals surface area contributed by atoms with Gasteiger partial charge in [-0.1, -0.05) is 32.0 Å². The van der Waals surface area contributed by atoms with Gasteiger partial charge in [0.1, 0.15) is 0 Å². The van der Waals surface area contributed by atoms with Crippen LogP contribution < -0.4 is 10.6 Å². The highest BCUT2D eigenvalue weighted by molar-refractivity contribution is 7.90. The fourth-order valence-electron chi connectivity index (χ4n) is 5.00. The minimum absolute atomic E-state index is 0.00400. The Hall–Kier alpha value is -3.90. The summed E-state index contributed by atoms with van der Waals surface area (Å²) < 4.78 is 65.8. The van der Waals surface area contributed by atoms with E-state index in [9.17, 15) is 31.2 Å². The lowest BCUT2D eigenvalue weighted by Crippen LogP contribution is -2.35. The van der Waals surface area contributed by atoms with E-state index in [2.05, 4.69) is 34.4 Å². The smallest absolute Gasteiger partial charge is 0.358 e. The van der Waals surface area contributed by atoms with Crippen molar-refractivity contribution in [3.05, 3.63) is 81.7 Å². The van der Waals surface area contributed by atoms with Gasteiger partial charge >= 0.3 is 6.18 Å². The highest BCUT2D eigenvalue weighted by Crippen LogP contribution is 2.36. The van der Waals surface area contributed by atoms with Crippen molar-refractivity contribution in [1.29, 1.82) is 0 Å². The summed E-state index contributed by atoms with van der Waals surface area (Å²) in [6, 6.07) is 8.29. The molecule has 0 spiro atoms. The Morgan fingerprint density at radius 2 is 1.79 bits per heavy atom. The molecule has 3 aromatic rings. The van der Waals surface area contributed by atoms with Gasteiger partial charge in [-0.15, -0.1) is 0 Å². The number of aromatic nitrogens is 1. The number of aromatic amines is 1. The standard InChI is InChI=1S/C30H33F3N4O4S/c1-5-37(6-2)13-12-34-29(39)27-18(3)26(35-19(27)4)16-24-23-15-22(10-11-25(23)36-28(24)38)42(40,41)17-20-8-7-9-21(14-20)30(31,32)33/h7-11,14-16,35H,5-6,12-13,17H2,1-4H3,(H,34,39)(H,36,38)/b24-16-. The third-order valence-electron chi connectivity index (χ3n) is 7.34. The number of fused-ring (bicyclic) bond motifs is 1. The maximum absolute atomic E-state index is 13.2. The molecule has 1 aliphatic rings. The number of hydrogen-bond donors (Lipinski definition) is 3. The van der Waals surface area contributed by atoms with Gasteiger partial charge in [0, 0.05) is 35.7 Å². The van der Waals surface area contributed by atoms with Gasteiger partial charge in [-0.05, 0) is 68.4 Å². The molecule has 0 radical (unpaired) electrons. The molecule has 0 saturated carbocycles. The summed E-state index contributed by atoms with van der Waals surface area (Å²) in [7, 11) is -4.05. The predicted molar refractivity (Wildman–Crippen MR) is 156 cm³/mol. The Bertz CT molecular complexity index is 1660. The van der Waals surface area contributed by atoms with E-state index < -0.39 is 33.2 Å². The Labute approximate surface area is 242 Å². The highest BCUT2D eigenvalue weighted by Gasteiger charge is 2.31. The molecule has 42 heavy (non-hydrogen) atoms. The summed E-state index contributed by atoms with van der Waals surface area (Å²) in [6.07, 6.45) is -3.03. The van der Waals surface area contributed by atoms with Gasteiger partial charge in [0.2, 0.25) is 0 Å². The number of carbonyl (C=O) groups is 2. The molecule has 224 valence electrons. The minimum Gasteiger partial charge on any atom is -0.358 e. The third-order valence-corrected chi connectivity index (χ3v) is 9.03. The number of H-pyrrole nitrogens is 1. The molecular formula is C30H33F3N4O4S. The zero-order chi connectivity index (χ0) is 30.8. The molecule has 0 fully saturated rings. The second-order valence-electron chi connectivity index (χ2n) is 10.1. The molecule has 0 bridgehead atoms. The van der Waals surface area contributed by atoms with Crippen LogP contribution in [0.2, 0.25) is 0 Å². The second-order valence-corrected chi connectivity index (χ2v) is 12.1. The van der Waals surface area contributed by atoms with Gasteiger partial charge in [0.25, 0.3) is 11.8 Å². The number of anilines is 1. The highest BCUT2D eigenvalue weighted by atomic mass is 32.2. The number of aryl methyl sites for hydroxylation is 1.